The highest BCUT2D eigenvalue weighted by Crippen LogP contribution is 2.22. The van der Waals surface area contributed by atoms with Gasteiger partial charge in [-0.25, -0.2) is 0 Å². The SMILES string of the molecule is CCCC(C)C(C)C(CC(=O)O)NC(=O)C(N)C(C)C. The second-order valence-corrected chi connectivity index (χ2v) is 6.11. The molecule has 4 atom stereocenters. The average Bonchev–Trinajstić information content (AvgIpc) is 2.35. The third kappa shape index (κ3) is 6.37. The molecule has 0 aliphatic carbocycles. The first-order chi connectivity index (χ1) is 9.20. The number of amides is 1. The number of carbonyl (C=O) groups excluding carboxylic acids is 1. The van der Waals surface area contributed by atoms with Crippen LogP contribution in [0.4, 0.5) is 0 Å². The molecule has 5 nitrogen and oxygen atoms in total. The zero-order valence-electron chi connectivity index (χ0n) is 13.3. The van der Waals surface area contributed by atoms with Gasteiger partial charge in [0, 0.05) is 6.04 Å². The van der Waals surface area contributed by atoms with Crippen molar-refractivity contribution in [1.82, 2.24) is 5.32 Å². The number of hydrogen-bond acceptors (Lipinski definition) is 3. The number of carboxylic acid groups (broad SMARTS) is 1. The molecule has 0 bridgehead atoms. The summed E-state index contributed by atoms with van der Waals surface area (Å²) in [7, 11) is 0. The Kier molecular flexibility index (Phi) is 8.46. The lowest BCUT2D eigenvalue weighted by molar-refractivity contribution is -0.138. The van der Waals surface area contributed by atoms with E-state index in [1.807, 2.05) is 20.8 Å². The second kappa shape index (κ2) is 8.95. The van der Waals surface area contributed by atoms with Crippen LogP contribution in [0.25, 0.3) is 0 Å². The smallest absolute Gasteiger partial charge is 0.305 e. The molecule has 0 aromatic rings. The van der Waals surface area contributed by atoms with E-state index in [0.29, 0.717) is 5.92 Å². The van der Waals surface area contributed by atoms with Crippen molar-refractivity contribution >= 4 is 11.9 Å². The lowest BCUT2D eigenvalue weighted by Gasteiger charge is -2.30. The molecule has 0 fully saturated rings. The van der Waals surface area contributed by atoms with Gasteiger partial charge in [-0.3, -0.25) is 9.59 Å². The van der Waals surface area contributed by atoms with E-state index < -0.39 is 12.0 Å². The molecule has 0 radical (unpaired) electrons. The maximum absolute atomic E-state index is 12.0. The first kappa shape index (κ1) is 18.9. The van der Waals surface area contributed by atoms with E-state index in [1.54, 1.807) is 0 Å². The van der Waals surface area contributed by atoms with Crippen LogP contribution in [-0.4, -0.2) is 29.1 Å². The zero-order chi connectivity index (χ0) is 15.9. The molecule has 0 spiro atoms. The van der Waals surface area contributed by atoms with Crippen molar-refractivity contribution in [2.24, 2.45) is 23.5 Å². The van der Waals surface area contributed by atoms with Crippen molar-refractivity contribution in [1.29, 1.82) is 0 Å². The van der Waals surface area contributed by atoms with Crippen LogP contribution >= 0.6 is 0 Å². The molecule has 0 heterocycles. The standard InChI is InChI=1S/C15H30N2O3/c1-6-7-10(4)11(5)12(8-13(18)19)17-15(20)14(16)9(2)3/h9-12,14H,6-8,16H2,1-5H3,(H,17,20)(H,18,19). The molecule has 0 saturated heterocycles. The summed E-state index contributed by atoms with van der Waals surface area (Å²) in [5.74, 6) is -0.663. The summed E-state index contributed by atoms with van der Waals surface area (Å²) < 4.78 is 0. The Balaban J connectivity index is 4.79. The summed E-state index contributed by atoms with van der Waals surface area (Å²) in [6, 6.07) is -0.966. The number of nitrogens with two attached hydrogens (primary N) is 1. The predicted octanol–water partition coefficient (Wildman–Crippen LogP) is 2.00. The minimum atomic E-state index is -0.899. The molecular weight excluding hydrogens is 256 g/mol. The zero-order valence-corrected chi connectivity index (χ0v) is 13.3. The van der Waals surface area contributed by atoms with Gasteiger partial charge in [-0.15, -0.1) is 0 Å². The van der Waals surface area contributed by atoms with E-state index in [4.69, 9.17) is 10.8 Å². The molecular formula is C15H30N2O3. The second-order valence-electron chi connectivity index (χ2n) is 6.11. The molecule has 0 aliphatic heterocycles. The first-order valence-electron chi connectivity index (χ1n) is 7.48. The van der Waals surface area contributed by atoms with E-state index in [-0.39, 0.29) is 30.2 Å². The summed E-state index contributed by atoms with van der Waals surface area (Å²) in [5.41, 5.74) is 5.81. The van der Waals surface area contributed by atoms with E-state index in [2.05, 4.69) is 19.2 Å². The van der Waals surface area contributed by atoms with E-state index >= 15 is 0 Å². The number of hydrogen-bond donors (Lipinski definition) is 3. The number of nitrogens with one attached hydrogen (secondary N) is 1. The highest BCUT2D eigenvalue weighted by atomic mass is 16.4. The molecule has 4 N–H and O–H groups in total. The third-order valence-corrected chi connectivity index (χ3v) is 4.02. The van der Waals surface area contributed by atoms with Gasteiger partial charge in [-0.2, -0.15) is 0 Å². The Bertz CT molecular complexity index is 318. The number of carbonyl (C=O) groups is 2. The van der Waals surface area contributed by atoms with Crippen molar-refractivity contribution in [2.75, 3.05) is 0 Å². The maximum atomic E-state index is 12.0. The minimum Gasteiger partial charge on any atom is -0.481 e. The quantitative estimate of drug-likeness (QED) is 0.604. The van der Waals surface area contributed by atoms with Crippen molar-refractivity contribution in [3.05, 3.63) is 0 Å². The van der Waals surface area contributed by atoms with Crippen LogP contribution in [-0.2, 0) is 9.59 Å². The van der Waals surface area contributed by atoms with Gasteiger partial charge in [-0.1, -0.05) is 47.5 Å². The van der Waals surface area contributed by atoms with Gasteiger partial charge in [0.05, 0.1) is 12.5 Å². The molecule has 0 aromatic heterocycles. The van der Waals surface area contributed by atoms with Gasteiger partial charge in [0.15, 0.2) is 0 Å². The Morgan fingerprint density at radius 1 is 1.20 bits per heavy atom. The lowest BCUT2D eigenvalue weighted by atomic mass is 9.84. The van der Waals surface area contributed by atoms with Crippen molar-refractivity contribution in [3.8, 4) is 0 Å². The normalized spacial score (nSPS) is 17.4. The van der Waals surface area contributed by atoms with Crippen LogP contribution in [0, 0.1) is 17.8 Å². The van der Waals surface area contributed by atoms with Crippen molar-refractivity contribution < 1.29 is 14.7 Å². The van der Waals surface area contributed by atoms with Gasteiger partial charge in [0.25, 0.3) is 0 Å². The molecule has 4 unspecified atom stereocenters. The summed E-state index contributed by atoms with van der Waals surface area (Å²) in [6.45, 7) is 9.94. The molecule has 0 rings (SSSR count). The van der Waals surface area contributed by atoms with Gasteiger partial charge in [-0.05, 0) is 17.8 Å². The number of carboxylic acids is 1. The summed E-state index contributed by atoms with van der Waals surface area (Å²) in [6.07, 6.45) is 2.00. The fourth-order valence-corrected chi connectivity index (χ4v) is 2.25. The Morgan fingerprint density at radius 2 is 1.75 bits per heavy atom. The first-order valence-corrected chi connectivity index (χ1v) is 7.48. The average molecular weight is 286 g/mol. The summed E-state index contributed by atoms with van der Waals surface area (Å²) >= 11 is 0. The Labute approximate surface area is 122 Å². The number of rotatable bonds is 9. The Hall–Kier alpha value is -1.10. The topological polar surface area (TPSA) is 92.4 Å². The third-order valence-electron chi connectivity index (χ3n) is 4.02. The van der Waals surface area contributed by atoms with Gasteiger partial charge in [0.2, 0.25) is 5.91 Å². The largest absolute Gasteiger partial charge is 0.481 e. The highest BCUT2D eigenvalue weighted by Gasteiger charge is 2.28. The van der Waals surface area contributed by atoms with E-state index in [0.717, 1.165) is 12.8 Å². The van der Waals surface area contributed by atoms with Crippen LogP contribution in [0.2, 0.25) is 0 Å². The van der Waals surface area contributed by atoms with E-state index in [1.165, 1.54) is 0 Å². The van der Waals surface area contributed by atoms with E-state index in [9.17, 15) is 9.59 Å². The maximum Gasteiger partial charge on any atom is 0.305 e. The van der Waals surface area contributed by atoms with Crippen molar-refractivity contribution in [3.63, 3.8) is 0 Å². The predicted molar refractivity (Wildman–Crippen MR) is 80.2 cm³/mol. The van der Waals surface area contributed by atoms with Gasteiger partial charge in [0.1, 0.15) is 0 Å². The van der Waals surface area contributed by atoms with Crippen LogP contribution in [0.15, 0.2) is 0 Å². The fraction of sp³-hybridized carbons (Fsp3) is 0.867. The molecule has 5 heteroatoms. The van der Waals surface area contributed by atoms with Crippen LogP contribution in [0.5, 0.6) is 0 Å². The van der Waals surface area contributed by atoms with Gasteiger partial charge < -0.3 is 16.2 Å². The van der Waals surface area contributed by atoms with Crippen LogP contribution in [0.1, 0.15) is 53.9 Å². The fourth-order valence-electron chi connectivity index (χ4n) is 2.25. The summed E-state index contributed by atoms with van der Waals surface area (Å²) in [4.78, 5) is 23.0. The number of aliphatic carboxylic acids is 1. The van der Waals surface area contributed by atoms with Crippen LogP contribution < -0.4 is 11.1 Å². The molecule has 20 heavy (non-hydrogen) atoms. The van der Waals surface area contributed by atoms with Gasteiger partial charge >= 0.3 is 5.97 Å². The Morgan fingerprint density at radius 3 is 2.15 bits per heavy atom. The van der Waals surface area contributed by atoms with Crippen molar-refractivity contribution in [2.45, 2.75) is 66.0 Å². The molecule has 0 aromatic carbocycles. The monoisotopic (exact) mass is 286 g/mol. The lowest BCUT2D eigenvalue weighted by Crippen LogP contribution is -2.51. The molecule has 0 saturated carbocycles. The minimum absolute atomic E-state index is 0.0313. The highest BCUT2D eigenvalue weighted by molar-refractivity contribution is 5.82. The molecule has 118 valence electrons. The molecule has 1 amide bonds. The molecule has 0 aliphatic rings. The summed E-state index contributed by atoms with van der Waals surface area (Å²) in [5, 5.41) is 11.8. The van der Waals surface area contributed by atoms with Crippen LogP contribution in [0.3, 0.4) is 0 Å².